The van der Waals surface area contributed by atoms with Crippen molar-refractivity contribution >= 4 is 23.9 Å². The van der Waals surface area contributed by atoms with Crippen LogP contribution in [0.25, 0.3) is 0 Å². The standard InChI is InChI=1S/C35H44O16/c1-8-15(2)24(38)49-18-12-19(48-16(3)36)32(26(39)43-6)13-46-21-22(32)31(18)14-47-34(42,27(40)44-7)25(31)29(4,23(21)37)35-20-11-17(30(35,5)51-35)33(41)9-10-45-28(33)50-20/h8-10,17-23,25,28,37,41-42H,11-14H2,1-7H3/b15-8+/t17-,18+,19-,20-,21-,22?,23-,25+,28?,29-,30+,31+,32+,33+,34+,35?/m1/s1. The van der Waals surface area contributed by atoms with Crippen LogP contribution in [0, 0.1) is 34.0 Å². The van der Waals surface area contributed by atoms with Crippen LogP contribution in [0.15, 0.2) is 24.0 Å². The van der Waals surface area contributed by atoms with Gasteiger partial charge in [0.05, 0.1) is 52.0 Å². The van der Waals surface area contributed by atoms with Gasteiger partial charge in [-0.2, -0.15) is 0 Å². The van der Waals surface area contributed by atoms with Crippen molar-refractivity contribution in [3.8, 4) is 0 Å². The SMILES string of the molecule is C/C=C(\C)C(=O)O[C@H]1C[C@@H](OC(C)=O)[C@@]2(C(=O)OC)CO[C@@H]3C2[C@]12CO[C@](O)(C(=O)OC)[C@H]2[C@](C)(C12O[C@@]1(C)[C@H]1C[C@H]2OC2OC=C[C@@]21O)[C@@H]3O. The third kappa shape index (κ3) is 3.65. The van der Waals surface area contributed by atoms with E-state index in [0.717, 1.165) is 14.2 Å². The average Bonchev–Trinajstić information content (AvgIpc) is 3.47. The van der Waals surface area contributed by atoms with Crippen LogP contribution in [-0.2, 0) is 61.8 Å². The smallest absolute Gasteiger partial charge is 0.366 e. The Balaban J connectivity index is 1.40. The molecule has 8 rings (SSSR count). The molecule has 4 saturated heterocycles. The van der Waals surface area contributed by atoms with Gasteiger partial charge in [0.1, 0.15) is 28.8 Å². The second kappa shape index (κ2) is 10.5. The molecule has 16 nitrogen and oxygen atoms in total. The van der Waals surface area contributed by atoms with Crippen molar-refractivity contribution in [1.29, 1.82) is 0 Å². The van der Waals surface area contributed by atoms with Crippen molar-refractivity contribution in [2.75, 3.05) is 27.4 Å². The van der Waals surface area contributed by atoms with E-state index in [9.17, 15) is 34.5 Å². The molecular weight excluding hydrogens is 676 g/mol. The van der Waals surface area contributed by atoms with Gasteiger partial charge >= 0.3 is 23.9 Å². The van der Waals surface area contributed by atoms with Crippen molar-refractivity contribution in [3.63, 3.8) is 0 Å². The average molecular weight is 721 g/mol. The molecule has 5 aliphatic heterocycles. The van der Waals surface area contributed by atoms with E-state index in [2.05, 4.69) is 0 Å². The second-order valence-corrected chi connectivity index (χ2v) is 15.8. The molecule has 1 spiro atoms. The van der Waals surface area contributed by atoms with E-state index in [-0.39, 0.29) is 18.4 Å². The first-order valence-electron chi connectivity index (χ1n) is 17.2. The number of epoxide rings is 1. The minimum absolute atomic E-state index is 0.235. The number of carbonyl (C=O) groups is 4. The van der Waals surface area contributed by atoms with E-state index < -0.39 is 130 Å². The Morgan fingerprint density at radius 1 is 0.961 bits per heavy atom. The summed E-state index contributed by atoms with van der Waals surface area (Å²) in [6.45, 7) is 6.88. The van der Waals surface area contributed by atoms with Crippen molar-refractivity contribution < 1.29 is 77.1 Å². The van der Waals surface area contributed by atoms with Crippen LogP contribution in [0.2, 0.25) is 0 Å². The Labute approximate surface area is 293 Å². The van der Waals surface area contributed by atoms with Gasteiger partial charge in [-0.15, -0.1) is 0 Å². The highest BCUT2D eigenvalue weighted by Crippen LogP contribution is 2.83. The molecule has 16 heteroatoms. The molecule has 0 aromatic carbocycles. The molecule has 3 N–H and O–H groups in total. The molecule has 280 valence electrons. The van der Waals surface area contributed by atoms with Gasteiger partial charge in [-0.3, -0.25) is 9.59 Å². The summed E-state index contributed by atoms with van der Waals surface area (Å²) in [5, 5.41) is 37.4. The minimum atomic E-state index is -2.82. The summed E-state index contributed by atoms with van der Waals surface area (Å²) in [4.78, 5) is 54.4. The van der Waals surface area contributed by atoms with Gasteiger partial charge in [-0.25, -0.2) is 9.59 Å². The maximum Gasteiger partial charge on any atom is 0.366 e. The lowest BCUT2D eigenvalue weighted by Gasteiger charge is -2.65. The van der Waals surface area contributed by atoms with Crippen molar-refractivity contribution in [2.24, 2.45) is 34.0 Å². The first-order chi connectivity index (χ1) is 23.9. The first kappa shape index (κ1) is 34.9. The van der Waals surface area contributed by atoms with E-state index >= 15 is 0 Å². The van der Waals surface area contributed by atoms with Gasteiger partial charge < -0.3 is 58.0 Å². The molecule has 5 heterocycles. The summed E-state index contributed by atoms with van der Waals surface area (Å²) in [5.74, 6) is -9.76. The van der Waals surface area contributed by atoms with Crippen LogP contribution < -0.4 is 0 Å². The van der Waals surface area contributed by atoms with Crippen molar-refractivity contribution in [2.45, 2.75) is 107 Å². The number of rotatable bonds is 6. The molecule has 51 heavy (non-hydrogen) atoms. The molecule has 2 bridgehead atoms. The number of allylic oxidation sites excluding steroid dienone is 1. The fourth-order valence-electron chi connectivity index (χ4n) is 12.2. The number of methoxy groups -OCH3 is 2. The molecule has 3 saturated carbocycles. The molecule has 3 unspecified atom stereocenters. The van der Waals surface area contributed by atoms with Crippen molar-refractivity contribution in [3.05, 3.63) is 24.0 Å². The van der Waals surface area contributed by atoms with Gasteiger partial charge in [-0.05, 0) is 33.3 Å². The normalized spacial score (nSPS) is 53.9. The van der Waals surface area contributed by atoms with Gasteiger partial charge in [0, 0.05) is 47.5 Å². The predicted octanol–water partition coefficient (Wildman–Crippen LogP) is -0.203. The van der Waals surface area contributed by atoms with E-state index in [0.29, 0.717) is 0 Å². The summed E-state index contributed by atoms with van der Waals surface area (Å²) in [5.41, 5.74) is -9.47. The predicted molar refractivity (Wildman–Crippen MR) is 164 cm³/mol. The van der Waals surface area contributed by atoms with Crippen LogP contribution in [0.4, 0.5) is 0 Å². The molecule has 16 atom stereocenters. The molecule has 0 aromatic rings. The van der Waals surface area contributed by atoms with Gasteiger partial charge in [0.25, 0.3) is 5.79 Å². The topological polar surface area (TPSA) is 215 Å². The zero-order valence-electron chi connectivity index (χ0n) is 29.4. The highest BCUT2D eigenvalue weighted by atomic mass is 16.7. The number of fused-ring (bicyclic) bond motifs is 7. The quantitative estimate of drug-likeness (QED) is 0.140. The summed E-state index contributed by atoms with van der Waals surface area (Å²) < 4.78 is 54.0. The number of aliphatic hydroxyl groups excluding tert-OH is 1. The summed E-state index contributed by atoms with van der Waals surface area (Å²) in [6.07, 6.45) is -3.11. The molecule has 0 radical (unpaired) electrons. The number of aliphatic hydroxyl groups is 3. The largest absolute Gasteiger partial charge is 0.469 e. The van der Waals surface area contributed by atoms with Gasteiger partial charge in [-0.1, -0.05) is 13.0 Å². The molecular formula is C35H44O16. The summed E-state index contributed by atoms with van der Waals surface area (Å²) >= 11 is 0. The highest BCUT2D eigenvalue weighted by molar-refractivity contribution is 5.88. The fourth-order valence-corrected chi connectivity index (χ4v) is 12.2. The third-order valence-electron chi connectivity index (χ3n) is 14.1. The molecule has 3 aliphatic carbocycles. The second-order valence-electron chi connectivity index (χ2n) is 15.8. The van der Waals surface area contributed by atoms with Crippen molar-refractivity contribution in [1.82, 2.24) is 0 Å². The Kier molecular flexibility index (Phi) is 7.20. The van der Waals surface area contributed by atoms with E-state index in [4.69, 9.17) is 42.6 Å². The summed E-state index contributed by atoms with van der Waals surface area (Å²) in [7, 11) is 2.23. The Morgan fingerprint density at radius 3 is 2.31 bits per heavy atom. The molecule has 7 fully saturated rings. The minimum Gasteiger partial charge on any atom is -0.469 e. The first-order valence-corrected chi connectivity index (χ1v) is 17.2. The zero-order valence-corrected chi connectivity index (χ0v) is 29.4. The number of carbonyl (C=O) groups excluding carboxylic acids is 4. The number of hydrogen-bond acceptors (Lipinski definition) is 16. The van der Waals surface area contributed by atoms with Crippen LogP contribution in [-0.4, -0.2) is 126 Å². The Bertz CT molecular complexity index is 1660. The third-order valence-corrected chi connectivity index (χ3v) is 14.1. The maximum absolute atomic E-state index is 14.2. The van der Waals surface area contributed by atoms with E-state index in [1.807, 2.05) is 0 Å². The van der Waals surface area contributed by atoms with Crippen LogP contribution >= 0.6 is 0 Å². The van der Waals surface area contributed by atoms with Crippen LogP contribution in [0.1, 0.15) is 47.5 Å². The molecule has 0 aromatic heterocycles. The van der Waals surface area contributed by atoms with Crippen LogP contribution in [0.5, 0.6) is 0 Å². The van der Waals surface area contributed by atoms with Gasteiger partial charge in [0.2, 0.25) is 6.29 Å². The molecule has 8 aliphatic rings. The number of esters is 4. The highest BCUT2D eigenvalue weighted by Gasteiger charge is 2.97. The van der Waals surface area contributed by atoms with E-state index in [1.165, 1.54) is 19.3 Å². The lowest BCUT2D eigenvalue weighted by molar-refractivity contribution is -0.314. The monoisotopic (exact) mass is 720 g/mol. The summed E-state index contributed by atoms with van der Waals surface area (Å²) in [6, 6.07) is 0. The lowest BCUT2D eigenvalue weighted by Crippen LogP contribution is -2.79. The Hall–Kier alpha value is -3.12. The van der Waals surface area contributed by atoms with Gasteiger partial charge in [0.15, 0.2) is 5.60 Å². The zero-order chi connectivity index (χ0) is 36.9. The number of ether oxygens (including phenoxy) is 9. The Morgan fingerprint density at radius 2 is 1.67 bits per heavy atom. The fraction of sp³-hybridized carbons (Fsp3) is 0.771. The maximum atomic E-state index is 14.2. The van der Waals surface area contributed by atoms with Crippen LogP contribution in [0.3, 0.4) is 0 Å². The number of hydrogen-bond donors (Lipinski definition) is 3. The lowest BCUT2D eigenvalue weighted by atomic mass is 9.37. The van der Waals surface area contributed by atoms with E-state index in [1.54, 1.807) is 33.8 Å². The molecule has 0 amide bonds.